The minimum absolute atomic E-state index is 0.371. The molecular weight excluding hydrogens is 314 g/mol. The van der Waals surface area contributed by atoms with E-state index in [-0.39, 0.29) is 0 Å². The highest BCUT2D eigenvalue weighted by molar-refractivity contribution is 7.90. The number of benzene rings is 2. The first-order chi connectivity index (χ1) is 10.8. The second-order valence-electron chi connectivity index (χ2n) is 5.28. The van der Waals surface area contributed by atoms with Crippen LogP contribution in [0.2, 0.25) is 0 Å². The zero-order valence-corrected chi connectivity index (χ0v) is 14.0. The molecule has 2 N–H and O–H groups in total. The van der Waals surface area contributed by atoms with E-state index in [1.165, 1.54) is 14.1 Å². The SMILES string of the molecule is Cc1ccc(C(=NO)c2cccc(NS(=O)(=O)N(C)C)c2)cc1. The number of rotatable bonds is 5. The quantitative estimate of drug-likeness (QED) is 0.501. The average molecular weight is 333 g/mol. The summed E-state index contributed by atoms with van der Waals surface area (Å²) in [6.45, 7) is 1.97. The Morgan fingerprint density at radius 3 is 2.30 bits per heavy atom. The Labute approximate surface area is 136 Å². The Balaban J connectivity index is 2.36. The van der Waals surface area contributed by atoms with Crippen molar-refractivity contribution in [3.05, 3.63) is 65.2 Å². The third kappa shape index (κ3) is 4.08. The first-order valence-electron chi connectivity index (χ1n) is 6.93. The van der Waals surface area contributed by atoms with Gasteiger partial charge in [0.25, 0.3) is 0 Å². The Morgan fingerprint density at radius 2 is 1.74 bits per heavy atom. The number of nitrogens with zero attached hydrogens (tertiary/aromatic N) is 2. The van der Waals surface area contributed by atoms with Gasteiger partial charge in [-0.1, -0.05) is 47.1 Å². The Bertz CT molecular complexity index is 813. The fraction of sp³-hybridized carbons (Fsp3) is 0.188. The van der Waals surface area contributed by atoms with E-state index in [4.69, 9.17) is 0 Å². The minimum atomic E-state index is -3.59. The molecule has 0 atom stereocenters. The highest BCUT2D eigenvalue weighted by atomic mass is 32.2. The molecule has 0 bridgehead atoms. The average Bonchev–Trinajstić information content (AvgIpc) is 2.50. The molecule has 0 unspecified atom stereocenters. The van der Waals surface area contributed by atoms with E-state index < -0.39 is 10.2 Å². The molecule has 0 amide bonds. The molecule has 2 aromatic rings. The summed E-state index contributed by atoms with van der Waals surface area (Å²) in [5, 5.41) is 12.7. The van der Waals surface area contributed by atoms with Crippen LogP contribution in [-0.2, 0) is 10.2 Å². The standard InChI is InChI=1S/C16H19N3O3S/c1-12-7-9-13(10-8-12)16(17-20)14-5-4-6-15(11-14)18-23(21,22)19(2)3/h4-11,18,20H,1-3H3. The summed E-state index contributed by atoms with van der Waals surface area (Å²) in [5.74, 6) is 0. The number of nitrogens with one attached hydrogen (secondary N) is 1. The summed E-state index contributed by atoms with van der Waals surface area (Å²) in [5.41, 5.74) is 3.21. The van der Waals surface area contributed by atoms with E-state index in [1.54, 1.807) is 24.3 Å². The van der Waals surface area contributed by atoms with Gasteiger partial charge in [0.1, 0.15) is 5.71 Å². The molecule has 0 fully saturated rings. The van der Waals surface area contributed by atoms with Gasteiger partial charge in [-0.15, -0.1) is 0 Å². The van der Waals surface area contributed by atoms with Gasteiger partial charge in [0.2, 0.25) is 0 Å². The van der Waals surface area contributed by atoms with Crippen molar-refractivity contribution in [2.24, 2.45) is 5.16 Å². The number of aryl methyl sites for hydroxylation is 1. The van der Waals surface area contributed by atoms with Crippen LogP contribution in [0, 0.1) is 6.92 Å². The maximum Gasteiger partial charge on any atom is 0.301 e. The molecule has 2 aromatic carbocycles. The Kier molecular flexibility index (Phi) is 5.02. The van der Waals surface area contributed by atoms with E-state index >= 15 is 0 Å². The van der Waals surface area contributed by atoms with Crippen LogP contribution in [0.15, 0.2) is 53.7 Å². The van der Waals surface area contributed by atoms with Crippen molar-refractivity contribution >= 4 is 21.6 Å². The number of hydrogen-bond acceptors (Lipinski definition) is 4. The van der Waals surface area contributed by atoms with Gasteiger partial charge in [0, 0.05) is 25.2 Å². The minimum Gasteiger partial charge on any atom is -0.410 e. The molecule has 0 saturated carbocycles. The van der Waals surface area contributed by atoms with Crippen molar-refractivity contribution in [2.45, 2.75) is 6.92 Å². The maximum atomic E-state index is 11.9. The van der Waals surface area contributed by atoms with Gasteiger partial charge in [-0.25, -0.2) is 0 Å². The molecule has 23 heavy (non-hydrogen) atoms. The molecule has 0 saturated heterocycles. The molecule has 6 nitrogen and oxygen atoms in total. The smallest absolute Gasteiger partial charge is 0.301 e. The number of anilines is 1. The van der Waals surface area contributed by atoms with E-state index in [0.717, 1.165) is 15.4 Å². The van der Waals surface area contributed by atoms with Gasteiger partial charge in [-0.05, 0) is 19.1 Å². The predicted octanol–water partition coefficient (Wildman–Crippen LogP) is 2.44. The summed E-state index contributed by atoms with van der Waals surface area (Å²) >= 11 is 0. The Morgan fingerprint density at radius 1 is 1.09 bits per heavy atom. The van der Waals surface area contributed by atoms with Gasteiger partial charge < -0.3 is 5.21 Å². The van der Waals surface area contributed by atoms with Crippen molar-refractivity contribution in [3.63, 3.8) is 0 Å². The van der Waals surface area contributed by atoms with E-state index in [1.807, 2.05) is 31.2 Å². The Hall–Kier alpha value is -2.38. The second kappa shape index (κ2) is 6.80. The highest BCUT2D eigenvalue weighted by Crippen LogP contribution is 2.17. The van der Waals surface area contributed by atoms with E-state index in [9.17, 15) is 13.6 Å². The van der Waals surface area contributed by atoms with Gasteiger partial charge in [0.15, 0.2) is 0 Å². The maximum absolute atomic E-state index is 11.9. The molecule has 7 heteroatoms. The predicted molar refractivity (Wildman–Crippen MR) is 91.3 cm³/mol. The van der Waals surface area contributed by atoms with Crippen LogP contribution in [-0.4, -0.2) is 37.7 Å². The van der Waals surface area contributed by atoms with Crippen LogP contribution >= 0.6 is 0 Å². The molecule has 0 spiro atoms. The van der Waals surface area contributed by atoms with Crippen LogP contribution in [0.5, 0.6) is 0 Å². The molecule has 0 aliphatic rings. The van der Waals surface area contributed by atoms with Crippen molar-refractivity contribution in [1.29, 1.82) is 0 Å². The van der Waals surface area contributed by atoms with Crippen molar-refractivity contribution in [1.82, 2.24) is 4.31 Å². The summed E-state index contributed by atoms with van der Waals surface area (Å²) < 4.78 is 27.3. The van der Waals surface area contributed by atoms with E-state index in [2.05, 4.69) is 9.88 Å². The lowest BCUT2D eigenvalue weighted by Crippen LogP contribution is -2.29. The number of hydrogen-bond donors (Lipinski definition) is 2. The monoisotopic (exact) mass is 333 g/mol. The molecule has 0 heterocycles. The van der Waals surface area contributed by atoms with E-state index in [0.29, 0.717) is 17.0 Å². The van der Waals surface area contributed by atoms with Gasteiger partial charge in [-0.2, -0.15) is 12.7 Å². The highest BCUT2D eigenvalue weighted by Gasteiger charge is 2.14. The van der Waals surface area contributed by atoms with Crippen molar-refractivity contribution < 1.29 is 13.6 Å². The van der Waals surface area contributed by atoms with Crippen LogP contribution in [0.25, 0.3) is 0 Å². The summed E-state index contributed by atoms with van der Waals surface area (Å²) in [6, 6.07) is 14.2. The fourth-order valence-electron chi connectivity index (χ4n) is 1.96. The molecular formula is C16H19N3O3S. The molecule has 0 radical (unpaired) electrons. The second-order valence-corrected chi connectivity index (χ2v) is 7.17. The molecule has 0 aliphatic carbocycles. The third-order valence-electron chi connectivity index (χ3n) is 3.29. The lowest BCUT2D eigenvalue weighted by Gasteiger charge is -2.14. The largest absolute Gasteiger partial charge is 0.410 e. The summed E-state index contributed by atoms with van der Waals surface area (Å²) in [4.78, 5) is 0. The lowest BCUT2D eigenvalue weighted by molar-refractivity contribution is 0.319. The molecule has 2 rings (SSSR count). The van der Waals surface area contributed by atoms with Crippen LogP contribution in [0.4, 0.5) is 5.69 Å². The first-order valence-corrected chi connectivity index (χ1v) is 8.37. The third-order valence-corrected chi connectivity index (χ3v) is 4.74. The van der Waals surface area contributed by atoms with Gasteiger partial charge in [-0.3, -0.25) is 4.72 Å². The first kappa shape index (κ1) is 17.0. The van der Waals surface area contributed by atoms with Crippen LogP contribution in [0.3, 0.4) is 0 Å². The zero-order valence-electron chi connectivity index (χ0n) is 13.2. The van der Waals surface area contributed by atoms with Crippen LogP contribution in [0.1, 0.15) is 16.7 Å². The summed E-state index contributed by atoms with van der Waals surface area (Å²) in [6.07, 6.45) is 0. The number of oxime groups is 1. The lowest BCUT2D eigenvalue weighted by atomic mass is 10.0. The normalized spacial score (nSPS) is 12.4. The zero-order chi connectivity index (χ0) is 17.0. The fourth-order valence-corrected chi connectivity index (χ4v) is 2.57. The van der Waals surface area contributed by atoms with Crippen molar-refractivity contribution in [2.75, 3.05) is 18.8 Å². The topological polar surface area (TPSA) is 82.0 Å². The molecule has 0 aliphatic heterocycles. The van der Waals surface area contributed by atoms with Gasteiger partial charge >= 0.3 is 10.2 Å². The van der Waals surface area contributed by atoms with Gasteiger partial charge in [0.05, 0.1) is 5.69 Å². The van der Waals surface area contributed by atoms with Crippen molar-refractivity contribution in [3.8, 4) is 0 Å². The summed E-state index contributed by atoms with van der Waals surface area (Å²) in [7, 11) is -0.703. The molecule has 0 aromatic heterocycles. The molecule has 122 valence electrons. The van der Waals surface area contributed by atoms with Crippen LogP contribution < -0.4 is 4.72 Å².